The summed E-state index contributed by atoms with van der Waals surface area (Å²) in [5.74, 6) is -0.0164. The molecule has 20 heavy (non-hydrogen) atoms. The summed E-state index contributed by atoms with van der Waals surface area (Å²) in [7, 11) is 0. The molecule has 1 aliphatic heterocycles. The highest BCUT2D eigenvalue weighted by Crippen LogP contribution is 2.21. The second kappa shape index (κ2) is 6.36. The molecule has 0 aromatic carbocycles. The molecule has 2 rings (SSSR count). The second-order valence-electron chi connectivity index (χ2n) is 4.81. The number of esters is 1. The van der Waals surface area contributed by atoms with E-state index in [1.54, 1.807) is 19.1 Å². The van der Waals surface area contributed by atoms with E-state index in [2.05, 4.69) is 4.98 Å². The molecular formula is C14H19N3O3. The van der Waals surface area contributed by atoms with E-state index in [0.717, 1.165) is 25.2 Å². The first-order valence-corrected chi connectivity index (χ1v) is 6.79. The molecule has 1 aliphatic rings. The molecule has 1 aromatic rings. The average Bonchev–Trinajstić information content (AvgIpc) is 2.48. The van der Waals surface area contributed by atoms with Gasteiger partial charge in [-0.2, -0.15) is 0 Å². The number of nitrogens with two attached hydrogens (primary N) is 1. The van der Waals surface area contributed by atoms with E-state index < -0.39 is 0 Å². The van der Waals surface area contributed by atoms with Gasteiger partial charge in [-0.3, -0.25) is 4.79 Å². The molecule has 2 N–H and O–H groups in total. The lowest BCUT2D eigenvalue weighted by Crippen LogP contribution is -2.41. The van der Waals surface area contributed by atoms with Crippen molar-refractivity contribution in [2.75, 3.05) is 24.6 Å². The van der Waals surface area contributed by atoms with E-state index in [9.17, 15) is 9.59 Å². The molecule has 0 spiro atoms. The number of nitrogens with zero attached hydrogens (tertiary/aromatic N) is 2. The van der Waals surface area contributed by atoms with Crippen molar-refractivity contribution < 1.29 is 14.3 Å². The third-order valence-corrected chi connectivity index (χ3v) is 3.41. The number of piperidine rings is 1. The SMILES string of the molecule is CCOC(=O)c1ccc(N2CCC[C@@H](C(N)=O)C2)nc1. The molecule has 2 heterocycles. The fourth-order valence-corrected chi connectivity index (χ4v) is 2.33. The van der Waals surface area contributed by atoms with E-state index in [-0.39, 0.29) is 17.8 Å². The average molecular weight is 277 g/mol. The van der Waals surface area contributed by atoms with Crippen LogP contribution >= 0.6 is 0 Å². The molecule has 1 atom stereocenters. The van der Waals surface area contributed by atoms with Crippen molar-refractivity contribution >= 4 is 17.7 Å². The summed E-state index contributed by atoms with van der Waals surface area (Å²) in [5.41, 5.74) is 5.79. The molecule has 0 bridgehead atoms. The third kappa shape index (κ3) is 3.26. The van der Waals surface area contributed by atoms with Crippen molar-refractivity contribution in [3.63, 3.8) is 0 Å². The fraction of sp³-hybridized carbons (Fsp3) is 0.500. The molecule has 1 aromatic heterocycles. The Morgan fingerprint density at radius 1 is 1.50 bits per heavy atom. The van der Waals surface area contributed by atoms with E-state index in [1.807, 2.05) is 4.90 Å². The van der Waals surface area contributed by atoms with Gasteiger partial charge in [0.15, 0.2) is 0 Å². The van der Waals surface area contributed by atoms with Crippen LogP contribution in [0.15, 0.2) is 18.3 Å². The topological polar surface area (TPSA) is 85.5 Å². The minimum atomic E-state index is -0.375. The zero-order valence-corrected chi connectivity index (χ0v) is 11.5. The number of amides is 1. The van der Waals surface area contributed by atoms with Crippen LogP contribution in [0.1, 0.15) is 30.1 Å². The van der Waals surface area contributed by atoms with Crippen LogP contribution in [0.4, 0.5) is 5.82 Å². The number of rotatable bonds is 4. The minimum Gasteiger partial charge on any atom is -0.462 e. The Hall–Kier alpha value is -2.11. The first-order valence-electron chi connectivity index (χ1n) is 6.79. The molecule has 1 amide bonds. The summed E-state index contributed by atoms with van der Waals surface area (Å²) in [4.78, 5) is 29.1. The Morgan fingerprint density at radius 3 is 2.90 bits per heavy atom. The van der Waals surface area contributed by atoms with Gasteiger partial charge in [-0.05, 0) is 31.9 Å². The van der Waals surface area contributed by atoms with Gasteiger partial charge < -0.3 is 15.4 Å². The zero-order chi connectivity index (χ0) is 14.5. The Bertz CT molecular complexity index is 487. The molecule has 6 nitrogen and oxygen atoms in total. The molecule has 6 heteroatoms. The van der Waals surface area contributed by atoms with Crippen molar-refractivity contribution in [1.29, 1.82) is 0 Å². The van der Waals surface area contributed by atoms with Crippen LogP contribution in [0.2, 0.25) is 0 Å². The van der Waals surface area contributed by atoms with Gasteiger partial charge in [-0.25, -0.2) is 9.78 Å². The maximum atomic E-state index is 11.5. The number of pyridine rings is 1. The Balaban J connectivity index is 2.06. The zero-order valence-electron chi connectivity index (χ0n) is 11.5. The number of aromatic nitrogens is 1. The standard InChI is InChI=1S/C14H19N3O3/c1-2-20-14(19)10-5-6-12(16-8-10)17-7-3-4-11(9-17)13(15)18/h5-6,8,11H,2-4,7,9H2,1H3,(H2,15,18)/t11-/m1/s1. The maximum absolute atomic E-state index is 11.5. The van der Waals surface area contributed by atoms with Crippen LogP contribution in [0.25, 0.3) is 0 Å². The van der Waals surface area contributed by atoms with Gasteiger partial charge >= 0.3 is 5.97 Å². The largest absolute Gasteiger partial charge is 0.462 e. The van der Waals surface area contributed by atoms with Gasteiger partial charge in [0, 0.05) is 19.3 Å². The van der Waals surface area contributed by atoms with E-state index in [0.29, 0.717) is 18.7 Å². The monoisotopic (exact) mass is 277 g/mol. The van der Waals surface area contributed by atoms with Crippen molar-refractivity contribution in [2.24, 2.45) is 11.7 Å². The Morgan fingerprint density at radius 2 is 2.30 bits per heavy atom. The summed E-state index contributed by atoms with van der Waals surface area (Å²) in [5, 5.41) is 0. The lowest BCUT2D eigenvalue weighted by molar-refractivity contribution is -0.122. The highest BCUT2D eigenvalue weighted by atomic mass is 16.5. The van der Waals surface area contributed by atoms with Gasteiger partial charge in [0.25, 0.3) is 0 Å². The number of anilines is 1. The predicted molar refractivity (Wildman–Crippen MR) is 74.3 cm³/mol. The van der Waals surface area contributed by atoms with Gasteiger partial charge in [0.05, 0.1) is 18.1 Å². The van der Waals surface area contributed by atoms with Crippen LogP contribution in [0.3, 0.4) is 0 Å². The molecule has 108 valence electrons. The minimum absolute atomic E-state index is 0.129. The molecule has 0 aliphatic carbocycles. The lowest BCUT2D eigenvalue weighted by atomic mass is 9.97. The Labute approximate surface area is 117 Å². The van der Waals surface area contributed by atoms with Crippen molar-refractivity contribution in [3.05, 3.63) is 23.9 Å². The number of hydrogen-bond donors (Lipinski definition) is 1. The first kappa shape index (κ1) is 14.3. The summed E-state index contributed by atoms with van der Waals surface area (Å²) in [6.45, 7) is 3.53. The molecule has 0 saturated carbocycles. The molecule has 1 fully saturated rings. The Kier molecular flexibility index (Phi) is 4.55. The van der Waals surface area contributed by atoms with Gasteiger partial charge in [-0.1, -0.05) is 0 Å². The van der Waals surface area contributed by atoms with Crippen LogP contribution in [-0.4, -0.2) is 36.6 Å². The maximum Gasteiger partial charge on any atom is 0.339 e. The molecular weight excluding hydrogens is 258 g/mol. The number of hydrogen-bond acceptors (Lipinski definition) is 5. The van der Waals surface area contributed by atoms with E-state index in [4.69, 9.17) is 10.5 Å². The van der Waals surface area contributed by atoms with Crippen LogP contribution in [0.5, 0.6) is 0 Å². The smallest absolute Gasteiger partial charge is 0.339 e. The normalized spacial score (nSPS) is 18.6. The van der Waals surface area contributed by atoms with Gasteiger partial charge in [-0.15, -0.1) is 0 Å². The summed E-state index contributed by atoms with van der Waals surface area (Å²) in [6.07, 6.45) is 3.24. The molecule has 0 unspecified atom stereocenters. The first-order chi connectivity index (χ1) is 9.61. The van der Waals surface area contributed by atoms with Gasteiger partial charge in [0.2, 0.25) is 5.91 Å². The highest BCUT2D eigenvalue weighted by molar-refractivity contribution is 5.89. The van der Waals surface area contributed by atoms with Crippen molar-refractivity contribution in [3.8, 4) is 0 Å². The van der Waals surface area contributed by atoms with Crippen LogP contribution in [-0.2, 0) is 9.53 Å². The van der Waals surface area contributed by atoms with E-state index >= 15 is 0 Å². The fourth-order valence-electron chi connectivity index (χ4n) is 2.33. The number of carbonyl (C=O) groups excluding carboxylic acids is 2. The lowest BCUT2D eigenvalue weighted by Gasteiger charge is -2.32. The quantitative estimate of drug-likeness (QED) is 0.828. The second-order valence-corrected chi connectivity index (χ2v) is 4.81. The summed E-state index contributed by atoms with van der Waals surface area (Å²) >= 11 is 0. The highest BCUT2D eigenvalue weighted by Gasteiger charge is 2.24. The van der Waals surface area contributed by atoms with Crippen molar-refractivity contribution in [2.45, 2.75) is 19.8 Å². The number of carbonyl (C=O) groups is 2. The van der Waals surface area contributed by atoms with Crippen molar-refractivity contribution in [1.82, 2.24) is 4.98 Å². The number of primary amides is 1. The predicted octanol–water partition coefficient (Wildman–Crippen LogP) is 0.960. The van der Waals surface area contributed by atoms with E-state index in [1.165, 1.54) is 6.20 Å². The summed E-state index contributed by atoms with van der Waals surface area (Å²) in [6, 6.07) is 3.46. The summed E-state index contributed by atoms with van der Waals surface area (Å²) < 4.78 is 4.91. The van der Waals surface area contributed by atoms with Crippen LogP contribution < -0.4 is 10.6 Å². The van der Waals surface area contributed by atoms with Gasteiger partial charge in [0.1, 0.15) is 5.82 Å². The molecule has 1 saturated heterocycles. The van der Waals surface area contributed by atoms with Crippen LogP contribution in [0, 0.1) is 5.92 Å². The number of ether oxygens (including phenoxy) is 1. The third-order valence-electron chi connectivity index (χ3n) is 3.41. The molecule has 0 radical (unpaired) electrons.